The molecule has 4 heteroatoms. The first-order valence-corrected chi connectivity index (χ1v) is 7.37. The zero-order valence-electron chi connectivity index (χ0n) is 3.93. The molecule has 0 radical (unpaired) electrons. The molecule has 0 aliphatic carbocycles. The maximum Gasteiger partial charge on any atom is 0.110 e. The van der Waals surface area contributed by atoms with Crippen LogP contribution in [0.3, 0.4) is 0 Å². The Kier molecular flexibility index (Phi) is 2.63. The second-order valence-corrected chi connectivity index (χ2v) is 9.96. The van der Waals surface area contributed by atoms with Gasteiger partial charge < -0.3 is 0 Å². The van der Waals surface area contributed by atoms with Crippen molar-refractivity contribution in [3.05, 3.63) is 0 Å². The lowest BCUT2D eigenvalue weighted by Crippen LogP contribution is -1.88. The van der Waals surface area contributed by atoms with Gasteiger partial charge in [-0.15, -0.1) is 22.8 Å². The van der Waals surface area contributed by atoms with Crippen LogP contribution in [0.5, 0.6) is 0 Å². The fourth-order valence-corrected chi connectivity index (χ4v) is 8.54. The van der Waals surface area contributed by atoms with E-state index in [-0.39, 0.29) is 5.68 Å². The molecule has 1 aliphatic heterocycles. The van der Waals surface area contributed by atoms with E-state index in [0.717, 1.165) is 5.25 Å². The smallest absolute Gasteiger partial charge is 0.106 e. The van der Waals surface area contributed by atoms with Crippen LogP contribution in [-0.4, -0.2) is 11.0 Å². The van der Waals surface area contributed by atoms with Gasteiger partial charge in [0.05, 0.1) is 0 Å². The van der Waals surface area contributed by atoms with E-state index >= 15 is 0 Å². The maximum atomic E-state index is 5.80. The number of rotatable bonds is 0. The molecule has 1 saturated heterocycles. The lowest BCUT2D eigenvalue weighted by Gasteiger charge is -1.92. The lowest BCUT2D eigenvalue weighted by molar-refractivity contribution is 1.15. The van der Waals surface area contributed by atoms with E-state index < -0.39 is 0 Å². The van der Waals surface area contributed by atoms with Crippen molar-refractivity contribution in [2.24, 2.45) is 0 Å². The highest BCUT2D eigenvalue weighted by atomic mass is 35.7. The molecule has 7 heavy (non-hydrogen) atoms. The molecule has 1 aliphatic rings. The van der Waals surface area contributed by atoms with Crippen LogP contribution in [0.1, 0.15) is 6.92 Å². The van der Waals surface area contributed by atoms with Crippen LogP contribution in [0.15, 0.2) is 0 Å². The van der Waals surface area contributed by atoms with Crippen LogP contribution in [-0.2, 0) is 0 Å². The molecule has 1 unspecified atom stereocenters. The van der Waals surface area contributed by atoms with Crippen LogP contribution in [0.25, 0.3) is 0 Å². The van der Waals surface area contributed by atoms with E-state index in [2.05, 4.69) is 6.92 Å². The van der Waals surface area contributed by atoms with E-state index in [1.54, 1.807) is 0 Å². The standard InChI is InChI=1S/C3H6ClPS2/c1-3-2-6-5(4)7-3/h3H,2H2,1H3/t3-,5?/m1/s1. The van der Waals surface area contributed by atoms with Gasteiger partial charge in [-0.3, -0.25) is 0 Å². The van der Waals surface area contributed by atoms with Crippen molar-refractivity contribution in [2.45, 2.75) is 12.2 Å². The Hall–Kier alpha value is 1.42. The molecule has 42 valence electrons. The predicted octanol–water partition coefficient (Wildman–Crippen LogP) is 3.32. The first-order valence-electron chi connectivity index (χ1n) is 2.04. The molecule has 0 amide bonds. The molecule has 0 bridgehead atoms. The van der Waals surface area contributed by atoms with E-state index in [0.29, 0.717) is 0 Å². The summed E-state index contributed by atoms with van der Waals surface area (Å²) in [5.41, 5.74) is -0.199. The average molecular weight is 173 g/mol. The maximum absolute atomic E-state index is 5.80. The normalized spacial score (nSPS) is 42.0. The number of hydrogen-bond donors (Lipinski definition) is 0. The second kappa shape index (κ2) is 2.82. The summed E-state index contributed by atoms with van der Waals surface area (Å²) in [6.45, 7) is 2.22. The van der Waals surface area contributed by atoms with Crippen molar-refractivity contribution < 1.29 is 0 Å². The van der Waals surface area contributed by atoms with Gasteiger partial charge in [0.15, 0.2) is 0 Å². The summed E-state index contributed by atoms with van der Waals surface area (Å²) in [6, 6.07) is 0. The minimum Gasteiger partial charge on any atom is -0.106 e. The Balaban J connectivity index is 2.26. The van der Waals surface area contributed by atoms with Crippen LogP contribution >= 0.6 is 39.7 Å². The molecule has 0 N–H and O–H groups in total. The van der Waals surface area contributed by atoms with Crippen LogP contribution in [0.4, 0.5) is 0 Å². The van der Waals surface area contributed by atoms with Gasteiger partial charge in [-0.2, -0.15) is 0 Å². The summed E-state index contributed by atoms with van der Waals surface area (Å²) in [4.78, 5) is 0. The number of hydrogen-bond acceptors (Lipinski definition) is 2. The summed E-state index contributed by atoms with van der Waals surface area (Å²) in [6.07, 6.45) is 0. The number of halogens is 1. The molecular formula is C3H6ClPS2. The highest BCUT2D eigenvalue weighted by Crippen LogP contribution is 2.71. The topological polar surface area (TPSA) is 0 Å². The fourth-order valence-electron chi connectivity index (χ4n) is 0.366. The minimum absolute atomic E-state index is 0.199. The molecule has 0 spiro atoms. The van der Waals surface area contributed by atoms with E-state index in [1.807, 2.05) is 22.8 Å². The molecule has 0 nitrogen and oxygen atoms in total. The first-order chi connectivity index (χ1) is 3.29. The Labute approximate surface area is 57.8 Å². The van der Waals surface area contributed by atoms with Gasteiger partial charge in [-0.1, -0.05) is 18.2 Å². The monoisotopic (exact) mass is 172 g/mol. The Bertz CT molecular complexity index is 62.0. The third-order valence-electron chi connectivity index (χ3n) is 0.674. The van der Waals surface area contributed by atoms with Crippen LogP contribution in [0, 0.1) is 0 Å². The molecule has 1 rings (SSSR count). The SMILES string of the molecule is C[C@@H]1CSP(Cl)S1. The summed E-state index contributed by atoms with van der Waals surface area (Å²) in [5, 5.41) is 0.800. The van der Waals surface area contributed by atoms with E-state index in [1.165, 1.54) is 5.75 Å². The highest BCUT2D eigenvalue weighted by Gasteiger charge is 2.19. The van der Waals surface area contributed by atoms with Crippen molar-refractivity contribution >= 4 is 39.7 Å². The first kappa shape index (κ1) is 6.54. The van der Waals surface area contributed by atoms with Gasteiger partial charge in [0.1, 0.15) is 5.68 Å². The van der Waals surface area contributed by atoms with Gasteiger partial charge in [-0.25, -0.2) is 0 Å². The Morgan fingerprint density at radius 2 is 2.57 bits per heavy atom. The van der Waals surface area contributed by atoms with Crippen molar-refractivity contribution in [3.63, 3.8) is 0 Å². The molecule has 0 aromatic rings. The van der Waals surface area contributed by atoms with Crippen molar-refractivity contribution in [1.82, 2.24) is 0 Å². The van der Waals surface area contributed by atoms with Gasteiger partial charge in [0.25, 0.3) is 0 Å². The zero-order valence-corrected chi connectivity index (χ0v) is 7.21. The highest BCUT2D eigenvalue weighted by molar-refractivity contribution is 8.96. The van der Waals surface area contributed by atoms with Gasteiger partial charge in [-0.05, 0) is 0 Å². The summed E-state index contributed by atoms with van der Waals surface area (Å²) >= 11 is 9.61. The van der Waals surface area contributed by atoms with E-state index in [9.17, 15) is 0 Å². The van der Waals surface area contributed by atoms with Crippen molar-refractivity contribution in [1.29, 1.82) is 0 Å². The van der Waals surface area contributed by atoms with Crippen LogP contribution in [0.2, 0.25) is 0 Å². The average Bonchev–Trinajstić information content (AvgIpc) is 1.87. The summed E-state index contributed by atoms with van der Waals surface area (Å²) < 4.78 is 0. The minimum atomic E-state index is -0.199. The summed E-state index contributed by atoms with van der Waals surface area (Å²) in [5.74, 6) is 1.25. The van der Waals surface area contributed by atoms with Crippen LogP contribution < -0.4 is 0 Å². The molecular weight excluding hydrogens is 167 g/mol. The third kappa shape index (κ3) is 2.01. The van der Waals surface area contributed by atoms with Gasteiger partial charge in [0, 0.05) is 11.0 Å². The quantitative estimate of drug-likeness (QED) is 0.514. The third-order valence-corrected chi connectivity index (χ3v) is 8.38. The summed E-state index contributed by atoms with van der Waals surface area (Å²) in [7, 11) is 0. The Morgan fingerprint density at radius 3 is 2.71 bits per heavy atom. The van der Waals surface area contributed by atoms with E-state index in [4.69, 9.17) is 11.2 Å². The zero-order chi connectivity index (χ0) is 5.28. The van der Waals surface area contributed by atoms with Gasteiger partial charge >= 0.3 is 0 Å². The predicted molar refractivity (Wildman–Crippen MR) is 42.3 cm³/mol. The van der Waals surface area contributed by atoms with Crippen molar-refractivity contribution in [3.8, 4) is 0 Å². The molecule has 0 aromatic heterocycles. The Morgan fingerprint density at radius 1 is 1.86 bits per heavy atom. The molecule has 1 fully saturated rings. The molecule has 0 aromatic carbocycles. The lowest BCUT2D eigenvalue weighted by atomic mass is 10.6. The fraction of sp³-hybridized carbons (Fsp3) is 1.00. The molecule has 0 saturated carbocycles. The van der Waals surface area contributed by atoms with Crippen molar-refractivity contribution in [2.75, 3.05) is 5.75 Å². The largest absolute Gasteiger partial charge is 0.110 e. The molecule has 1 heterocycles. The second-order valence-electron chi connectivity index (χ2n) is 1.42. The van der Waals surface area contributed by atoms with Gasteiger partial charge in [0.2, 0.25) is 0 Å². The molecule has 2 atom stereocenters.